The fourth-order valence-electron chi connectivity index (χ4n) is 5.45. The number of halogens is 3. The molecule has 5 rings (SSSR count). The highest BCUT2D eigenvalue weighted by atomic mass is 35.5. The molecule has 1 amide bonds. The van der Waals surface area contributed by atoms with Crippen LogP contribution in [0.4, 0.5) is 37.5 Å². The van der Waals surface area contributed by atoms with E-state index in [1.807, 2.05) is 6.07 Å². The second kappa shape index (κ2) is 13.1. The van der Waals surface area contributed by atoms with Crippen LogP contribution in [0.2, 0.25) is 5.02 Å². The van der Waals surface area contributed by atoms with Crippen molar-refractivity contribution < 1.29 is 23.1 Å². The molecule has 43 heavy (non-hydrogen) atoms. The van der Waals surface area contributed by atoms with Crippen LogP contribution >= 0.6 is 11.6 Å². The van der Waals surface area contributed by atoms with Gasteiger partial charge < -0.3 is 25.2 Å². The van der Waals surface area contributed by atoms with E-state index in [0.717, 1.165) is 37.7 Å². The van der Waals surface area contributed by atoms with E-state index < -0.39 is 22.7 Å². The number of hydrogen-bond donors (Lipinski definition) is 2. The highest BCUT2D eigenvalue weighted by molar-refractivity contribution is 6.31. The number of ether oxygens (including phenoxy) is 1. The molecular weight excluding hydrogens is 580 g/mol. The summed E-state index contributed by atoms with van der Waals surface area (Å²) in [5, 5.41) is 7.07. The van der Waals surface area contributed by atoms with E-state index in [-0.39, 0.29) is 11.5 Å². The van der Waals surface area contributed by atoms with Crippen molar-refractivity contribution in [2.45, 2.75) is 31.3 Å². The Morgan fingerprint density at radius 3 is 2.63 bits per heavy atom. The maximum atomic E-state index is 14.9. The van der Waals surface area contributed by atoms with Crippen LogP contribution in [0.1, 0.15) is 30.9 Å². The Hall–Kier alpha value is -4.00. The monoisotopic (exact) mass is 613 g/mol. The van der Waals surface area contributed by atoms with E-state index in [1.165, 1.54) is 23.5 Å². The van der Waals surface area contributed by atoms with Gasteiger partial charge in [0.05, 0.1) is 36.8 Å². The van der Waals surface area contributed by atoms with Crippen molar-refractivity contribution in [3.8, 4) is 5.75 Å². The second-order valence-corrected chi connectivity index (χ2v) is 10.9. The molecule has 0 aliphatic carbocycles. The van der Waals surface area contributed by atoms with Crippen molar-refractivity contribution in [1.29, 1.82) is 0 Å². The van der Waals surface area contributed by atoms with Gasteiger partial charge in [0.2, 0.25) is 5.91 Å². The van der Waals surface area contributed by atoms with E-state index in [4.69, 9.17) is 21.2 Å². The molecule has 2 aromatic carbocycles. The Morgan fingerprint density at radius 1 is 1.16 bits per heavy atom. The summed E-state index contributed by atoms with van der Waals surface area (Å²) < 4.78 is 34.4. The van der Waals surface area contributed by atoms with Gasteiger partial charge in [0.1, 0.15) is 34.6 Å². The molecule has 1 unspecified atom stereocenters. The standard InChI is InChI=1S/C30H34ClF2N7O3/c1-5-28(41)37-21-14-22(25(42-4)15-24(21)39-11-8-18(9-12-39)38(2)3)36-26-16-27(35-17-34-26)40-23(10-13-43-40)19-6-7-20(32)29(31)30(19)33/h5-7,14-18,23H,1,8-13H2,2-4H3,(H,37,41)(H,34,35,36). The number of benzene rings is 2. The maximum Gasteiger partial charge on any atom is 0.247 e. The van der Waals surface area contributed by atoms with Crippen LogP contribution in [-0.4, -0.2) is 67.7 Å². The Labute approximate surface area is 254 Å². The summed E-state index contributed by atoms with van der Waals surface area (Å²) in [5.41, 5.74) is 2.18. The molecule has 2 fully saturated rings. The average molecular weight is 614 g/mol. The average Bonchev–Trinajstić information content (AvgIpc) is 3.50. The van der Waals surface area contributed by atoms with Crippen LogP contribution in [0.5, 0.6) is 5.75 Å². The van der Waals surface area contributed by atoms with Crippen molar-refractivity contribution in [3.63, 3.8) is 0 Å². The number of piperidine rings is 1. The summed E-state index contributed by atoms with van der Waals surface area (Å²) in [5.74, 6) is -0.701. The summed E-state index contributed by atoms with van der Waals surface area (Å²) in [4.78, 5) is 31.3. The molecule has 2 saturated heterocycles. The molecule has 3 aromatic rings. The lowest BCUT2D eigenvalue weighted by molar-refractivity contribution is -0.111. The molecule has 0 radical (unpaired) electrons. The lowest BCUT2D eigenvalue weighted by atomic mass is 10.0. The summed E-state index contributed by atoms with van der Waals surface area (Å²) >= 11 is 5.84. The number of nitrogens with one attached hydrogen (secondary N) is 2. The van der Waals surface area contributed by atoms with Crippen molar-refractivity contribution in [2.75, 3.05) is 61.5 Å². The van der Waals surface area contributed by atoms with Gasteiger partial charge in [-0.3, -0.25) is 9.63 Å². The fraction of sp³-hybridized carbons (Fsp3) is 0.367. The van der Waals surface area contributed by atoms with E-state index >= 15 is 0 Å². The van der Waals surface area contributed by atoms with Crippen LogP contribution in [0, 0.1) is 11.6 Å². The quantitative estimate of drug-likeness (QED) is 0.233. The van der Waals surface area contributed by atoms with Crippen molar-refractivity contribution in [2.24, 2.45) is 0 Å². The molecule has 13 heteroatoms. The van der Waals surface area contributed by atoms with Crippen molar-refractivity contribution >= 4 is 46.2 Å². The van der Waals surface area contributed by atoms with E-state index in [2.05, 4.69) is 51.1 Å². The summed E-state index contributed by atoms with van der Waals surface area (Å²) in [6.45, 7) is 5.54. The van der Waals surface area contributed by atoms with Gasteiger partial charge in [-0.2, -0.15) is 0 Å². The third kappa shape index (κ3) is 6.51. The number of carbonyl (C=O) groups excluding carboxylic acids is 1. The van der Waals surface area contributed by atoms with Gasteiger partial charge in [-0.25, -0.2) is 23.8 Å². The van der Waals surface area contributed by atoms with Crippen molar-refractivity contribution in [1.82, 2.24) is 14.9 Å². The van der Waals surface area contributed by atoms with Gasteiger partial charge in [-0.05, 0) is 45.1 Å². The Balaban J connectivity index is 1.43. The SMILES string of the molecule is C=CC(=O)Nc1cc(Nc2cc(N3OCCC3c3ccc(F)c(Cl)c3F)ncn2)c(OC)cc1N1CCC(N(C)C)CC1. The third-order valence-electron chi connectivity index (χ3n) is 7.77. The van der Waals surface area contributed by atoms with Gasteiger partial charge in [-0.1, -0.05) is 24.2 Å². The van der Waals surface area contributed by atoms with Gasteiger partial charge in [0, 0.05) is 43.2 Å². The zero-order chi connectivity index (χ0) is 30.7. The number of methoxy groups -OCH3 is 1. The van der Waals surface area contributed by atoms with Crippen LogP contribution in [0.25, 0.3) is 0 Å². The summed E-state index contributed by atoms with van der Waals surface area (Å²) in [6.07, 6.45) is 4.99. The molecule has 0 bridgehead atoms. The molecule has 228 valence electrons. The van der Waals surface area contributed by atoms with Crippen LogP contribution in [-0.2, 0) is 9.63 Å². The van der Waals surface area contributed by atoms with E-state index in [9.17, 15) is 13.6 Å². The van der Waals surface area contributed by atoms with Gasteiger partial charge in [0.15, 0.2) is 5.82 Å². The highest BCUT2D eigenvalue weighted by Crippen LogP contribution is 2.41. The molecule has 0 spiro atoms. The normalized spacial score (nSPS) is 17.3. The topological polar surface area (TPSA) is 95.1 Å². The highest BCUT2D eigenvalue weighted by Gasteiger charge is 2.32. The first-order valence-electron chi connectivity index (χ1n) is 13.9. The number of hydroxylamine groups is 1. The number of rotatable bonds is 9. The first-order chi connectivity index (χ1) is 20.7. The molecule has 3 heterocycles. The summed E-state index contributed by atoms with van der Waals surface area (Å²) in [7, 11) is 5.75. The first kappa shape index (κ1) is 30.5. The Bertz CT molecular complexity index is 1500. The number of anilines is 5. The summed E-state index contributed by atoms with van der Waals surface area (Å²) in [6, 6.07) is 7.73. The van der Waals surface area contributed by atoms with Gasteiger partial charge >= 0.3 is 0 Å². The van der Waals surface area contributed by atoms with Gasteiger partial charge in [-0.15, -0.1) is 0 Å². The molecule has 10 nitrogen and oxygen atoms in total. The molecule has 2 aliphatic rings. The van der Waals surface area contributed by atoms with Crippen molar-refractivity contribution in [3.05, 3.63) is 71.5 Å². The zero-order valence-corrected chi connectivity index (χ0v) is 25.0. The minimum Gasteiger partial charge on any atom is -0.494 e. The van der Waals surface area contributed by atoms with Gasteiger partial charge in [0.25, 0.3) is 0 Å². The number of aromatic nitrogens is 2. The van der Waals surface area contributed by atoms with Crippen LogP contribution < -0.4 is 25.3 Å². The largest absolute Gasteiger partial charge is 0.494 e. The third-order valence-corrected chi connectivity index (χ3v) is 8.11. The zero-order valence-electron chi connectivity index (χ0n) is 24.2. The maximum absolute atomic E-state index is 14.9. The molecule has 2 aliphatic heterocycles. The minimum atomic E-state index is -0.834. The second-order valence-electron chi connectivity index (χ2n) is 10.6. The number of amides is 1. The number of carbonyl (C=O) groups is 1. The smallest absolute Gasteiger partial charge is 0.247 e. The number of nitrogens with zero attached hydrogens (tertiary/aromatic N) is 5. The molecule has 1 atom stereocenters. The molecule has 1 aromatic heterocycles. The Morgan fingerprint density at radius 2 is 1.93 bits per heavy atom. The molecule has 0 saturated carbocycles. The van der Waals surface area contributed by atoms with Crippen LogP contribution in [0.15, 0.2) is 49.3 Å². The predicted molar refractivity (Wildman–Crippen MR) is 163 cm³/mol. The minimum absolute atomic E-state index is 0.200. The number of hydrogen-bond acceptors (Lipinski definition) is 9. The lowest BCUT2D eigenvalue weighted by Gasteiger charge is -2.37. The molecule has 2 N–H and O–H groups in total. The van der Waals surface area contributed by atoms with Crippen LogP contribution in [0.3, 0.4) is 0 Å². The Kier molecular flexibility index (Phi) is 9.28. The molecular formula is C30H34ClF2N7O3. The fourth-order valence-corrected chi connectivity index (χ4v) is 5.63. The predicted octanol–water partition coefficient (Wildman–Crippen LogP) is 5.70. The lowest BCUT2D eigenvalue weighted by Crippen LogP contribution is -2.42. The first-order valence-corrected chi connectivity index (χ1v) is 14.3. The van der Waals surface area contributed by atoms with E-state index in [0.29, 0.717) is 47.8 Å². The van der Waals surface area contributed by atoms with E-state index in [1.54, 1.807) is 19.2 Å².